The van der Waals surface area contributed by atoms with E-state index < -0.39 is 35.0 Å². The molecule has 116 valence electrons. The van der Waals surface area contributed by atoms with Gasteiger partial charge in [0, 0.05) is 5.56 Å². The van der Waals surface area contributed by atoms with Gasteiger partial charge in [0.15, 0.2) is 17.5 Å². The summed E-state index contributed by atoms with van der Waals surface area (Å²) in [6.07, 6.45) is 0.488. The number of halogens is 5. The number of aryl methyl sites for hydroxylation is 1. The molecule has 1 aliphatic carbocycles. The van der Waals surface area contributed by atoms with Crippen molar-refractivity contribution in [3.8, 4) is 0 Å². The molecule has 0 aromatic heterocycles. The van der Waals surface area contributed by atoms with E-state index in [0.29, 0.717) is 5.56 Å². The first-order chi connectivity index (χ1) is 10.4. The molecule has 22 heavy (non-hydrogen) atoms. The van der Waals surface area contributed by atoms with E-state index in [2.05, 4.69) is 0 Å². The first-order valence-corrected chi connectivity index (χ1v) is 6.99. The average Bonchev–Trinajstić information content (AvgIpc) is 2.43. The summed E-state index contributed by atoms with van der Waals surface area (Å²) in [6.45, 7) is 1.58. The fourth-order valence-electron chi connectivity index (χ4n) is 3.17. The molecular formula is C17H13F5. The van der Waals surface area contributed by atoms with Crippen LogP contribution in [0.5, 0.6) is 0 Å². The molecule has 1 atom stereocenters. The van der Waals surface area contributed by atoms with E-state index in [4.69, 9.17) is 0 Å². The lowest BCUT2D eigenvalue weighted by molar-refractivity contribution is 0.424. The second-order valence-electron chi connectivity index (χ2n) is 5.71. The zero-order valence-electron chi connectivity index (χ0n) is 11.8. The van der Waals surface area contributed by atoms with Gasteiger partial charge in [0.05, 0.1) is 0 Å². The Kier molecular flexibility index (Phi) is 3.67. The first-order valence-electron chi connectivity index (χ1n) is 6.99. The summed E-state index contributed by atoms with van der Waals surface area (Å²) in [7, 11) is 0. The predicted molar refractivity (Wildman–Crippen MR) is 72.2 cm³/mol. The highest BCUT2D eigenvalue weighted by atomic mass is 19.2. The molecule has 0 saturated carbocycles. The molecule has 3 rings (SSSR count). The van der Waals surface area contributed by atoms with E-state index >= 15 is 0 Å². The fourth-order valence-corrected chi connectivity index (χ4v) is 3.17. The van der Waals surface area contributed by atoms with Gasteiger partial charge >= 0.3 is 0 Å². The third-order valence-electron chi connectivity index (χ3n) is 4.20. The maximum absolute atomic E-state index is 14.0. The van der Waals surface area contributed by atoms with Crippen LogP contribution in [-0.4, -0.2) is 0 Å². The average molecular weight is 312 g/mol. The van der Waals surface area contributed by atoms with Gasteiger partial charge in [-0.05, 0) is 67.0 Å². The van der Waals surface area contributed by atoms with Crippen LogP contribution in [-0.2, 0) is 12.8 Å². The van der Waals surface area contributed by atoms with Crippen LogP contribution < -0.4 is 0 Å². The molecule has 1 aliphatic rings. The summed E-state index contributed by atoms with van der Waals surface area (Å²) < 4.78 is 68.4. The summed E-state index contributed by atoms with van der Waals surface area (Å²) in [5.74, 6) is -5.80. The molecule has 0 fully saturated rings. The lowest BCUT2D eigenvalue weighted by Crippen LogP contribution is -2.18. The summed E-state index contributed by atoms with van der Waals surface area (Å²) >= 11 is 0. The van der Waals surface area contributed by atoms with Gasteiger partial charge in [-0.25, -0.2) is 22.0 Å². The number of rotatable bonds is 1. The molecule has 1 unspecified atom stereocenters. The molecular weight excluding hydrogens is 299 g/mol. The van der Waals surface area contributed by atoms with Crippen LogP contribution in [0, 0.1) is 36.0 Å². The van der Waals surface area contributed by atoms with E-state index in [0.717, 1.165) is 6.07 Å². The second-order valence-corrected chi connectivity index (χ2v) is 5.71. The number of hydrogen-bond acceptors (Lipinski definition) is 0. The zero-order valence-corrected chi connectivity index (χ0v) is 11.8. The van der Waals surface area contributed by atoms with Crippen molar-refractivity contribution in [2.45, 2.75) is 32.1 Å². The summed E-state index contributed by atoms with van der Waals surface area (Å²) in [6, 6.07) is 3.39. The molecule has 0 N–H and O–H groups in total. The van der Waals surface area contributed by atoms with Gasteiger partial charge < -0.3 is 0 Å². The van der Waals surface area contributed by atoms with Crippen molar-refractivity contribution in [1.29, 1.82) is 0 Å². The molecule has 0 aliphatic heterocycles. The standard InChI is InChI=1S/C17H13F5/c1-8-4-12(18)15(13(19)5-8)9-2-3-11-10(6-9)7-14(20)17(22)16(11)21/h4-5,7,9H,2-3,6H2,1H3. The molecule has 0 nitrogen and oxygen atoms in total. The minimum Gasteiger partial charge on any atom is -0.207 e. The van der Waals surface area contributed by atoms with Crippen molar-refractivity contribution < 1.29 is 22.0 Å². The van der Waals surface area contributed by atoms with Crippen molar-refractivity contribution in [1.82, 2.24) is 0 Å². The van der Waals surface area contributed by atoms with Crippen LogP contribution in [0.25, 0.3) is 0 Å². The third-order valence-corrected chi connectivity index (χ3v) is 4.20. The van der Waals surface area contributed by atoms with Crippen molar-refractivity contribution in [2.75, 3.05) is 0 Å². The Balaban J connectivity index is 2.02. The zero-order chi connectivity index (χ0) is 16.0. The van der Waals surface area contributed by atoms with Crippen molar-refractivity contribution >= 4 is 0 Å². The molecule has 0 amide bonds. The predicted octanol–water partition coefficient (Wildman–Crippen LogP) is 4.96. The van der Waals surface area contributed by atoms with Crippen molar-refractivity contribution in [3.05, 3.63) is 69.5 Å². The van der Waals surface area contributed by atoms with Crippen LogP contribution in [0.4, 0.5) is 22.0 Å². The fraction of sp³-hybridized carbons (Fsp3) is 0.294. The largest absolute Gasteiger partial charge is 0.207 e. The monoisotopic (exact) mass is 312 g/mol. The van der Waals surface area contributed by atoms with Gasteiger partial charge in [-0.3, -0.25) is 0 Å². The molecule has 5 heteroatoms. The Labute approximate surface area is 124 Å². The normalized spacial score (nSPS) is 17.5. The molecule has 2 aromatic carbocycles. The number of fused-ring (bicyclic) bond motifs is 1. The van der Waals surface area contributed by atoms with Crippen LogP contribution in [0.3, 0.4) is 0 Å². The molecule has 0 saturated heterocycles. The van der Waals surface area contributed by atoms with E-state index in [1.807, 2.05) is 0 Å². The van der Waals surface area contributed by atoms with Gasteiger partial charge in [0.1, 0.15) is 11.6 Å². The first kappa shape index (κ1) is 15.0. The molecule has 2 aromatic rings. The summed E-state index contributed by atoms with van der Waals surface area (Å²) in [4.78, 5) is 0. The Morgan fingerprint density at radius 3 is 2.14 bits per heavy atom. The Hall–Kier alpha value is -1.91. The van der Waals surface area contributed by atoms with E-state index in [9.17, 15) is 22.0 Å². The highest BCUT2D eigenvalue weighted by Gasteiger charge is 2.29. The molecule has 0 heterocycles. The summed E-state index contributed by atoms with van der Waals surface area (Å²) in [5.41, 5.74) is 0.769. The lowest BCUT2D eigenvalue weighted by Gasteiger charge is -2.26. The number of benzene rings is 2. The van der Waals surface area contributed by atoms with Crippen molar-refractivity contribution in [3.63, 3.8) is 0 Å². The number of hydrogen-bond donors (Lipinski definition) is 0. The van der Waals surface area contributed by atoms with Gasteiger partial charge in [-0.2, -0.15) is 0 Å². The quantitative estimate of drug-likeness (QED) is 0.515. The lowest BCUT2D eigenvalue weighted by atomic mass is 9.79. The van der Waals surface area contributed by atoms with Crippen molar-refractivity contribution in [2.24, 2.45) is 0 Å². The smallest absolute Gasteiger partial charge is 0.194 e. The van der Waals surface area contributed by atoms with Gasteiger partial charge in [-0.15, -0.1) is 0 Å². The second kappa shape index (κ2) is 5.38. The maximum Gasteiger partial charge on any atom is 0.194 e. The minimum absolute atomic E-state index is 0.0682. The van der Waals surface area contributed by atoms with Gasteiger partial charge in [0.2, 0.25) is 0 Å². The van der Waals surface area contributed by atoms with Crippen LogP contribution in [0.1, 0.15) is 34.6 Å². The topological polar surface area (TPSA) is 0 Å². The SMILES string of the molecule is Cc1cc(F)c(C2CCc3c(cc(F)c(F)c3F)C2)c(F)c1. The summed E-state index contributed by atoms with van der Waals surface area (Å²) in [5, 5.41) is 0. The van der Waals surface area contributed by atoms with E-state index in [1.165, 1.54) is 12.1 Å². The molecule has 0 radical (unpaired) electrons. The third kappa shape index (κ3) is 2.38. The van der Waals surface area contributed by atoms with Gasteiger partial charge in [-0.1, -0.05) is 0 Å². The van der Waals surface area contributed by atoms with Crippen LogP contribution in [0.15, 0.2) is 18.2 Å². The van der Waals surface area contributed by atoms with E-state index in [1.54, 1.807) is 6.92 Å². The highest BCUT2D eigenvalue weighted by Crippen LogP contribution is 2.37. The molecule has 0 spiro atoms. The highest BCUT2D eigenvalue weighted by molar-refractivity contribution is 5.37. The minimum atomic E-state index is -1.50. The Morgan fingerprint density at radius 1 is 0.864 bits per heavy atom. The molecule has 0 bridgehead atoms. The van der Waals surface area contributed by atoms with Crippen LogP contribution >= 0.6 is 0 Å². The Morgan fingerprint density at radius 2 is 1.50 bits per heavy atom. The van der Waals surface area contributed by atoms with Crippen LogP contribution in [0.2, 0.25) is 0 Å². The van der Waals surface area contributed by atoms with Gasteiger partial charge in [0.25, 0.3) is 0 Å². The Bertz CT molecular complexity index is 728. The maximum atomic E-state index is 14.0. The van der Waals surface area contributed by atoms with E-state index in [-0.39, 0.29) is 36.0 Å².